The maximum Gasteiger partial charge on any atom is 0.312 e. The summed E-state index contributed by atoms with van der Waals surface area (Å²) in [6.07, 6.45) is 0. The van der Waals surface area contributed by atoms with Gasteiger partial charge in [-0.3, -0.25) is 10.1 Å². The normalized spacial score (nSPS) is 10.9. The highest BCUT2D eigenvalue weighted by atomic mass is 79.9. The molecule has 78 valence electrons. The Morgan fingerprint density at radius 1 is 1.67 bits per heavy atom. The topological polar surface area (TPSA) is 71.8 Å². The number of hydrogen-bond acceptors (Lipinski definition) is 3. The van der Waals surface area contributed by atoms with Gasteiger partial charge in [-0.1, -0.05) is 11.6 Å². The van der Waals surface area contributed by atoms with E-state index in [1.165, 1.54) is 0 Å². The quantitative estimate of drug-likeness (QED) is 0.647. The number of benzene rings is 1. The van der Waals surface area contributed by atoms with Crippen molar-refractivity contribution in [2.45, 2.75) is 6.92 Å². The number of imidazole rings is 1. The van der Waals surface area contributed by atoms with E-state index in [2.05, 4.69) is 25.9 Å². The molecular formula is C8H5BrClN3O2. The summed E-state index contributed by atoms with van der Waals surface area (Å²) in [6, 6.07) is 1.61. The van der Waals surface area contributed by atoms with E-state index in [-0.39, 0.29) is 15.2 Å². The number of hydrogen-bond donors (Lipinski definition) is 1. The second kappa shape index (κ2) is 3.46. The first-order valence-corrected chi connectivity index (χ1v) is 5.16. The van der Waals surface area contributed by atoms with Crippen molar-refractivity contribution in [3.05, 3.63) is 31.5 Å². The molecule has 1 heterocycles. The number of nitro benzene ring substituents is 1. The highest BCUT2D eigenvalue weighted by molar-refractivity contribution is 9.10. The van der Waals surface area contributed by atoms with Crippen LogP contribution in [0.25, 0.3) is 11.0 Å². The summed E-state index contributed by atoms with van der Waals surface area (Å²) in [5.41, 5.74) is 0.767. The predicted octanol–water partition coefficient (Wildman–Crippen LogP) is 3.20. The summed E-state index contributed by atoms with van der Waals surface area (Å²) in [7, 11) is 0. The average molecular weight is 291 g/mol. The van der Waals surface area contributed by atoms with E-state index in [0.717, 1.165) is 0 Å². The maximum atomic E-state index is 10.9. The first-order valence-electron chi connectivity index (χ1n) is 3.99. The molecule has 0 atom stereocenters. The van der Waals surface area contributed by atoms with Gasteiger partial charge < -0.3 is 4.98 Å². The number of aryl methyl sites for hydroxylation is 1. The van der Waals surface area contributed by atoms with Crippen molar-refractivity contribution in [1.29, 1.82) is 0 Å². The molecule has 1 aromatic carbocycles. The van der Waals surface area contributed by atoms with E-state index in [1.807, 2.05) is 0 Å². The molecule has 0 saturated heterocycles. The number of aromatic amines is 1. The summed E-state index contributed by atoms with van der Waals surface area (Å²) >= 11 is 8.93. The van der Waals surface area contributed by atoms with Gasteiger partial charge in [-0.05, 0) is 28.9 Å². The molecule has 0 radical (unpaired) electrons. The van der Waals surface area contributed by atoms with Crippen molar-refractivity contribution < 1.29 is 4.92 Å². The number of nitro groups is 1. The van der Waals surface area contributed by atoms with Crippen LogP contribution >= 0.6 is 27.5 Å². The molecular weight excluding hydrogens is 285 g/mol. The van der Waals surface area contributed by atoms with Gasteiger partial charge in [0.15, 0.2) is 5.52 Å². The minimum Gasteiger partial charge on any atom is -0.342 e. The van der Waals surface area contributed by atoms with Crippen LogP contribution in [-0.2, 0) is 0 Å². The first kappa shape index (κ1) is 10.4. The smallest absolute Gasteiger partial charge is 0.312 e. The van der Waals surface area contributed by atoms with Crippen LogP contribution in [-0.4, -0.2) is 14.9 Å². The van der Waals surface area contributed by atoms with E-state index in [4.69, 9.17) is 11.6 Å². The van der Waals surface area contributed by atoms with Gasteiger partial charge in [0.2, 0.25) is 0 Å². The molecule has 7 heteroatoms. The summed E-state index contributed by atoms with van der Waals surface area (Å²) in [5, 5.41) is 11.1. The molecule has 0 aliphatic rings. The number of nitrogens with zero attached hydrogens (tertiary/aromatic N) is 2. The van der Waals surface area contributed by atoms with Crippen LogP contribution in [0, 0.1) is 17.0 Å². The molecule has 0 unspecified atom stereocenters. The molecule has 15 heavy (non-hydrogen) atoms. The molecule has 0 fully saturated rings. The second-order valence-corrected chi connectivity index (χ2v) is 4.20. The molecule has 0 aliphatic carbocycles. The molecule has 1 aromatic heterocycles. The highest BCUT2D eigenvalue weighted by Crippen LogP contribution is 2.37. The largest absolute Gasteiger partial charge is 0.342 e. The monoisotopic (exact) mass is 289 g/mol. The lowest BCUT2D eigenvalue weighted by Crippen LogP contribution is -1.91. The van der Waals surface area contributed by atoms with Crippen molar-refractivity contribution in [3.63, 3.8) is 0 Å². The van der Waals surface area contributed by atoms with Gasteiger partial charge in [0, 0.05) is 0 Å². The summed E-state index contributed by atoms with van der Waals surface area (Å²) in [5.74, 6) is 0.613. The average Bonchev–Trinajstić information content (AvgIpc) is 2.46. The van der Waals surface area contributed by atoms with E-state index in [0.29, 0.717) is 16.9 Å². The van der Waals surface area contributed by atoms with Crippen LogP contribution in [0.1, 0.15) is 5.82 Å². The van der Waals surface area contributed by atoms with Crippen LogP contribution in [0.4, 0.5) is 5.69 Å². The fraction of sp³-hybridized carbons (Fsp3) is 0.125. The van der Waals surface area contributed by atoms with Gasteiger partial charge >= 0.3 is 5.69 Å². The highest BCUT2D eigenvalue weighted by Gasteiger charge is 2.22. The minimum absolute atomic E-state index is 0.109. The van der Waals surface area contributed by atoms with Gasteiger partial charge in [0.25, 0.3) is 0 Å². The number of fused-ring (bicyclic) bond motifs is 1. The zero-order valence-corrected chi connectivity index (χ0v) is 9.89. The number of halogens is 2. The Hall–Kier alpha value is -1.14. The number of aromatic nitrogens is 2. The molecule has 2 aromatic rings. The SMILES string of the molecule is Cc1nc2c([N+](=O)[O-])c(Br)c(Cl)cc2[nH]1. The van der Waals surface area contributed by atoms with Crippen LogP contribution in [0.2, 0.25) is 5.02 Å². The van der Waals surface area contributed by atoms with Crippen LogP contribution in [0.3, 0.4) is 0 Å². The van der Waals surface area contributed by atoms with E-state index >= 15 is 0 Å². The maximum absolute atomic E-state index is 10.9. The Labute approximate surface area is 97.7 Å². The lowest BCUT2D eigenvalue weighted by Gasteiger charge is -1.98. The zero-order valence-electron chi connectivity index (χ0n) is 7.54. The standard InChI is InChI=1S/C8H5BrClN3O2/c1-3-11-5-2-4(10)6(9)8(13(14)15)7(5)12-3/h2H,1H3,(H,11,12). The summed E-state index contributed by atoms with van der Waals surface area (Å²) in [6.45, 7) is 1.73. The van der Waals surface area contributed by atoms with Crippen LogP contribution < -0.4 is 0 Å². The molecule has 0 bridgehead atoms. The summed E-state index contributed by atoms with van der Waals surface area (Å²) < 4.78 is 0.258. The van der Waals surface area contributed by atoms with Crippen molar-refractivity contribution in [2.24, 2.45) is 0 Å². The van der Waals surface area contributed by atoms with Gasteiger partial charge in [-0.25, -0.2) is 4.98 Å². The number of H-pyrrole nitrogens is 1. The Kier molecular flexibility index (Phi) is 2.40. The molecule has 0 spiro atoms. The van der Waals surface area contributed by atoms with Gasteiger partial charge in [0.1, 0.15) is 10.3 Å². The van der Waals surface area contributed by atoms with Gasteiger partial charge in [0.05, 0.1) is 15.5 Å². The molecule has 2 rings (SSSR count). The summed E-state index contributed by atoms with van der Waals surface area (Å²) in [4.78, 5) is 17.3. The molecule has 0 saturated carbocycles. The lowest BCUT2D eigenvalue weighted by molar-refractivity contribution is -0.384. The third-order valence-electron chi connectivity index (χ3n) is 1.95. The van der Waals surface area contributed by atoms with Crippen molar-refractivity contribution in [2.75, 3.05) is 0 Å². The lowest BCUT2D eigenvalue weighted by atomic mass is 10.3. The number of rotatable bonds is 1. The molecule has 5 nitrogen and oxygen atoms in total. The Balaban J connectivity index is 2.94. The van der Waals surface area contributed by atoms with Crippen molar-refractivity contribution in [3.8, 4) is 0 Å². The Morgan fingerprint density at radius 3 is 2.93 bits per heavy atom. The van der Waals surface area contributed by atoms with Gasteiger partial charge in [-0.15, -0.1) is 0 Å². The van der Waals surface area contributed by atoms with Crippen molar-refractivity contribution >= 4 is 44.3 Å². The molecule has 0 amide bonds. The predicted molar refractivity (Wildman–Crippen MR) is 60.2 cm³/mol. The minimum atomic E-state index is -0.501. The van der Waals surface area contributed by atoms with Crippen LogP contribution in [0.5, 0.6) is 0 Å². The fourth-order valence-electron chi connectivity index (χ4n) is 1.37. The first-order chi connectivity index (χ1) is 7.00. The number of nitrogens with one attached hydrogen (secondary N) is 1. The fourth-order valence-corrected chi connectivity index (χ4v) is 2.01. The Morgan fingerprint density at radius 2 is 2.33 bits per heavy atom. The zero-order chi connectivity index (χ0) is 11.2. The third kappa shape index (κ3) is 1.59. The Bertz CT molecular complexity index is 567. The van der Waals surface area contributed by atoms with Gasteiger partial charge in [-0.2, -0.15) is 0 Å². The third-order valence-corrected chi connectivity index (χ3v) is 3.27. The van der Waals surface area contributed by atoms with Crippen molar-refractivity contribution in [1.82, 2.24) is 9.97 Å². The van der Waals surface area contributed by atoms with E-state index in [9.17, 15) is 10.1 Å². The second-order valence-electron chi connectivity index (χ2n) is 3.00. The van der Waals surface area contributed by atoms with Crippen LogP contribution in [0.15, 0.2) is 10.5 Å². The van der Waals surface area contributed by atoms with E-state index in [1.54, 1.807) is 13.0 Å². The molecule has 0 aliphatic heterocycles. The van der Waals surface area contributed by atoms with E-state index < -0.39 is 4.92 Å². The molecule has 1 N–H and O–H groups in total.